The van der Waals surface area contributed by atoms with Gasteiger partial charge in [0.05, 0.1) is 0 Å². The fourth-order valence-corrected chi connectivity index (χ4v) is 0. The molecule has 0 aromatic carbocycles. The van der Waals surface area contributed by atoms with E-state index in [1.165, 1.54) is 0 Å². The minimum atomic E-state index is -2.43. The lowest BCUT2D eigenvalue weighted by Crippen LogP contribution is -1.72. The van der Waals surface area contributed by atoms with Crippen LogP contribution in [0.15, 0.2) is 0 Å². The summed E-state index contributed by atoms with van der Waals surface area (Å²) in [6.45, 7) is 0. The van der Waals surface area contributed by atoms with Crippen molar-refractivity contribution in [2.45, 2.75) is 4.58 Å². The van der Waals surface area contributed by atoms with Crippen LogP contribution in [0.3, 0.4) is 0 Å². The lowest BCUT2D eigenvalue weighted by Gasteiger charge is -2.01. The van der Waals surface area contributed by atoms with E-state index in [2.05, 4.69) is 11.8 Å². The molecule has 0 spiro atoms. The summed E-state index contributed by atoms with van der Waals surface area (Å²) in [7, 11) is 0. The SMILES string of the molecule is S=P(Cl)(Cl)C(Cl)Cl. The van der Waals surface area contributed by atoms with Gasteiger partial charge >= 0.3 is 0 Å². The van der Waals surface area contributed by atoms with Gasteiger partial charge in [0.15, 0.2) is 9.32 Å². The Morgan fingerprint density at radius 2 is 1.43 bits per heavy atom. The molecule has 0 aliphatic carbocycles. The Bertz CT molecular complexity index is 93.9. The maximum Gasteiger partial charge on any atom is 0.161 e. The van der Waals surface area contributed by atoms with E-state index in [4.69, 9.17) is 45.7 Å². The van der Waals surface area contributed by atoms with Gasteiger partial charge in [0.25, 0.3) is 0 Å². The number of alkyl halides is 2. The van der Waals surface area contributed by atoms with Crippen molar-refractivity contribution in [3.8, 4) is 0 Å². The fraction of sp³-hybridized carbons (Fsp3) is 1.00. The summed E-state index contributed by atoms with van der Waals surface area (Å²) < 4.78 is -3.23. The first-order valence-electron chi connectivity index (χ1n) is 1.22. The molecule has 0 aromatic rings. The maximum atomic E-state index is 5.30. The van der Waals surface area contributed by atoms with Crippen LogP contribution in [-0.4, -0.2) is 4.58 Å². The third-order valence-electron chi connectivity index (χ3n) is 0.227. The van der Waals surface area contributed by atoms with E-state index in [9.17, 15) is 0 Å². The highest BCUT2D eigenvalue weighted by atomic mass is 35.9. The standard InChI is InChI=1S/CHCl4PS/c2-1(3)6(4,5)7/h1H. The summed E-state index contributed by atoms with van der Waals surface area (Å²) in [5.41, 5.74) is 0. The van der Waals surface area contributed by atoms with E-state index in [-0.39, 0.29) is 0 Å². The van der Waals surface area contributed by atoms with Crippen molar-refractivity contribution in [2.75, 3.05) is 0 Å². The lowest BCUT2D eigenvalue weighted by molar-refractivity contribution is 1.98. The van der Waals surface area contributed by atoms with E-state index >= 15 is 0 Å². The van der Waals surface area contributed by atoms with Crippen LogP contribution in [0.2, 0.25) is 0 Å². The molecular formula is CHCl4PS. The number of hydrogen-bond acceptors (Lipinski definition) is 1. The number of halogens is 4. The first-order chi connectivity index (χ1) is 2.94. The Labute approximate surface area is 66.7 Å². The van der Waals surface area contributed by atoms with Crippen LogP contribution in [-0.2, 0) is 11.8 Å². The van der Waals surface area contributed by atoms with Crippen molar-refractivity contribution in [2.24, 2.45) is 0 Å². The van der Waals surface area contributed by atoms with Crippen LogP contribution in [0, 0.1) is 0 Å². The quantitative estimate of drug-likeness (QED) is 0.479. The van der Waals surface area contributed by atoms with Crippen LogP contribution >= 0.6 is 50.4 Å². The van der Waals surface area contributed by atoms with Gasteiger partial charge < -0.3 is 0 Å². The summed E-state index contributed by atoms with van der Waals surface area (Å²) in [5.74, 6) is 0. The second kappa shape index (κ2) is 3.10. The molecule has 0 radical (unpaired) electrons. The van der Waals surface area contributed by atoms with E-state index in [1.807, 2.05) is 0 Å². The average Bonchev–Trinajstić information content (AvgIpc) is 1.31. The molecule has 0 heterocycles. The molecule has 0 saturated heterocycles. The van der Waals surface area contributed by atoms with Gasteiger partial charge in [0, 0.05) is 0 Å². The highest BCUT2D eigenvalue weighted by Crippen LogP contribution is 2.64. The first kappa shape index (κ1) is 8.81. The van der Waals surface area contributed by atoms with Crippen molar-refractivity contribution in [3.63, 3.8) is 0 Å². The van der Waals surface area contributed by atoms with Crippen molar-refractivity contribution >= 4 is 62.2 Å². The fourth-order valence-electron chi connectivity index (χ4n) is 0. The normalized spacial score (nSPS) is 12.7. The molecule has 6 heteroatoms. The van der Waals surface area contributed by atoms with Crippen LogP contribution in [0.4, 0.5) is 0 Å². The topological polar surface area (TPSA) is 0 Å². The summed E-state index contributed by atoms with van der Waals surface area (Å²) in [6, 6.07) is 0. The zero-order valence-corrected chi connectivity index (χ0v) is 7.68. The van der Waals surface area contributed by atoms with Gasteiger partial charge in [0.2, 0.25) is 0 Å². The Morgan fingerprint density at radius 1 is 1.29 bits per heavy atom. The minimum Gasteiger partial charge on any atom is -0.0968 e. The van der Waals surface area contributed by atoms with Crippen molar-refractivity contribution in [3.05, 3.63) is 0 Å². The largest absolute Gasteiger partial charge is 0.161 e. The number of hydrogen-bond donors (Lipinski definition) is 0. The highest BCUT2D eigenvalue weighted by Gasteiger charge is 2.17. The van der Waals surface area contributed by atoms with E-state index in [0.717, 1.165) is 0 Å². The predicted octanol–water partition coefficient (Wildman–Crippen LogP) is 3.53. The Hall–Kier alpha value is 1.81. The zero-order chi connectivity index (χ0) is 6.08. The molecule has 0 aliphatic rings. The van der Waals surface area contributed by atoms with Crippen LogP contribution in [0.1, 0.15) is 0 Å². The molecule has 7 heavy (non-hydrogen) atoms. The van der Waals surface area contributed by atoms with Crippen molar-refractivity contribution in [1.29, 1.82) is 0 Å². The van der Waals surface area contributed by atoms with E-state index in [0.29, 0.717) is 0 Å². The van der Waals surface area contributed by atoms with Crippen molar-refractivity contribution < 1.29 is 0 Å². The van der Waals surface area contributed by atoms with Gasteiger partial charge in [-0.2, -0.15) is 0 Å². The molecule has 0 aromatic heterocycles. The lowest BCUT2D eigenvalue weighted by atomic mass is 11.9. The molecule has 0 bridgehead atoms. The molecule has 0 unspecified atom stereocenters. The Balaban J connectivity index is 3.80. The highest BCUT2D eigenvalue weighted by molar-refractivity contribution is 8.40. The molecule has 0 aliphatic heterocycles. The summed E-state index contributed by atoms with van der Waals surface area (Å²) in [5, 5.41) is 0. The molecule has 0 fully saturated rings. The van der Waals surface area contributed by atoms with Crippen molar-refractivity contribution in [1.82, 2.24) is 0 Å². The van der Waals surface area contributed by atoms with Gasteiger partial charge in [-0.05, 0) is 0 Å². The van der Waals surface area contributed by atoms with Gasteiger partial charge in [0.1, 0.15) is 0 Å². The third kappa shape index (κ3) is 4.32. The van der Waals surface area contributed by atoms with Crippen LogP contribution in [0.5, 0.6) is 0 Å². The van der Waals surface area contributed by atoms with Crippen LogP contribution in [0.25, 0.3) is 0 Å². The van der Waals surface area contributed by atoms with Gasteiger partial charge in [-0.1, -0.05) is 57.5 Å². The van der Waals surface area contributed by atoms with Gasteiger partial charge in [-0.25, -0.2) is 0 Å². The molecule has 44 valence electrons. The first-order valence-corrected chi connectivity index (χ1v) is 6.77. The summed E-state index contributed by atoms with van der Waals surface area (Å²) in [6.07, 6.45) is 0. The third-order valence-corrected chi connectivity index (χ3v) is 6.14. The van der Waals surface area contributed by atoms with E-state index in [1.54, 1.807) is 0 Å². The summed E-state index contributed by atoms with van der Waals surface area (Å²) in [4.78, 5) is 0. The van der Waals surface area contributed by atoms with Gasteiger partial charge in [-0.15, -0.1) is 0 Å². The van der Waals surface area contributed by atoms with Crippen LogP contribution < -0.4 is 0 Å². The maximum absolute atomic E-state index is 5.30. The average molecular weight is 218 g/mol. The van der Waals surface area contributed by atoms with E-state index < -0.39 is 9.32 Å². The summed E-state index contributed by atoms with van der Waals surface area (Å²) >= 11 is 25.5. The molecule has 0 saturated carbocycles. The monoisotopic (exact) mass is 216 g/mol. The molecule has 0 rings (SSSR count). The Morgan fingerprint density at radius 3 is 1.43 bits per heavy atom. The molecular weight excluding hydrogens is 217 g/mol. The second-order valence-corrected chi connectivity index (χ2v) is 10.7. The minimum absolute atomic E-state index is 0.800. The Kier molecular flexibility index (Phi) is 3.90. The molecule has 0 N–H and O–H groups in total. The second-order valence-electron chi connectivity index (χ2n) is 0.780. The molecule has 0 amide bonds. The molecule has 0 atom stereocenters. The predicted molar refractivity (Wildman–Crippen MR) is 41.5 cm³/mol. The zero-order valence-electron chi connectivity index (χ0n) is 2.94. The number of rotatable bonds is 1. The van der Waals surface area contributed by atoms with Gasteiger partial charge in [-0.3, -0.25) is 0 Å². The smallest absolute Gasteiger partial charge is 0.0968 e. The molecule has 0 nitrogen and oxygen atoms in total.